The molecule has 1 heterocycles. The third kappa shape index (κ3) is 1.39. The normalized spacial score (nSPS) is 19.2. The molecule has 0 aromatic heterocycles. The first-order valence-corrected chi connectivity index (χ1v) is 4.19. The molecule has 2 N–H and O–H groups in total. The number of fused-ring (bicyclic) bond motifs is 1. The third-order valence-electron chi connectivity index (χ3n) is 2.14. The van der Waals surface area contributed by atoms with Crippen molar-refractivity contribution in [1.29, 1.82) is 0 Å². The number of carbonyl (C=O) groups is 1. The van der Waals surface area contributed by atoms with Crippen molar-refractivity contribution >= 4 is 5.78 Å². The molecule has 1 aromatic carbocycles. The van der Waals surface area contributed by atoms with E-state index >= 15 is 0 Å². The predicted molar refractivity (Wildman–Crippen MR) is 49.2 cm³/mol. The highest BCUT2D eigenvalue weighted by Crippen LogP contribution is 2.36. The van der Waals surface area contributed by atoms with E-state index in [0.29, 0.717) is 0 Å². The lowest BCUT2D eigenvalue weighted by molar-refractivity contribution is 0.0896. The van der Waals surface area contributed by atoms with E-state index in [2.05, 4.69) is 5.18 Å². The van der Waals surface area contributed by atoms with Gasteiger partial charge in [-0.1, -0.05) is 5.18 Å². The Labute approximate surface area is 84.1 Å². The third-order valence-corrected chi connectivity index (χ3v) is 2.14. The van der Waals surface area contributed by atoms with Gasteiger partial charge in [-0.05, 0) is 0 Å². The molecule has 0 fully saturated rings. The number of aromatic hydroxyl groups is 2. The van der Waals surface area contributed by atoms with E-state index in [0.717, 1.165) is 6.07 Å². The fourth-order valence-corrected chi connectivity index (χ4v) is 1.44. The minimum atomic E-state index is -1.13. The Morgan fingerprint density at radius 2 is 2.13 bits per heavy atom. The van der Waals surface area contributed by atoms with Crippen LogP contribution >= 0.6 is 0 Å². The first-order valence-electron chi connectivity index (χ1n) is 4.19. The van der Waals surface area contributed by atoms with Gasteiger partial charge in [-0.3, -0.25) is 4.79 Å². The van der Waals surface area contributed by atoms with Crippen molar-refractivity contribution in [2.75, 3.05) is 6.61 Å². The highest BCUT2D eigenvalue weighted by molar-refractivity contribution is 6.05. The Bertz CT molecular complexity index is 442. The van der Waals surface area contributed by atoms with Gasteiger partial charge in [0.15, 0.2) is 6.04 Å². The molecule has 1 aliphatic rings. The summed E-state index contributed by atoms with van der Waals surface area (Å²) in [7, 11) is 0. The number of rotatable bonds is 1. The van der Waals surface area contributed by atoms with Crippen molar-refractivity contribution < 1.29 is 19.7 Å². The molecule has 2 rings (SSSR count). The van der Waals surface area contributed by atoms with E-state index in [9.17, 15) is 14.8 Å². The van der Waals surface area contributed by atoms with E-state index in [4.69, 9.17) is 9.84 Å². The molecule has 0 aliphatic carbocycles. The number of nitroso groups, excluding NO2 is 1. The van der Waals surface area contributed by atoms with Gasteiger partial charge in [0.2, 0.25) is 5.78 Å². The van der Waals surface area contributed by atoms with Crippen LogP contribution in [0.2, 0.25) is 0 Å². The second kappa shape index (κ2) is 3.23. The molecular weight excluding hydrogens is 202 g/mol. The Morgan fingerprint density at radius 3 is 2.80 bits per heavy atom. The minimum Gasteiger partial charge on any atom is -0.508 e. The van der Waals surface area contributed by atoms with Crippen LogP contribution in [0.25, 0.3) is 0 Å². The fourth-order valence-electron chi connectivity index (χ4n) is 1.44. The highest BCUT2D eigenvalue weighted by Gasteiger charge is 2.32. The molecule has 0 bridgehead atoms. The van der Waals surface area contributed by atoms with Crippen molar-refractivity contribution in [3.05, 3.63) is 22.6 Å². The van der Waals surface area contributed by atoms with Crippen LogP contribution in [-0.4, -0.2) is 28.6 Å². The molecule has 0 saturated heterocycles. The lowest BCUT2D eigenvalue weighted by Gasteiger charge is -2.20. The number of nitrogens with zero attached hydrogens (tertiary/aromatic N) is 1. The average molecular weight is 209 g/mol. The number of ether oxygens (including phenoxy) is 1. The monoisotopic (exact) mass is 209 g/mol. The van der Waals surface area contributed by atoms with E-state index in [-0.39, 0.29) is 23.7 Å². The molecule has 1 aromatic rings. The van der Waals surface area contributed by atoms with Crippen LogP contribution in [0.4, 0.5) is 0 Å². The van der Waals surface area contributed by atoms with E-state index in [1.165, 1.54) is 6.07 Å². The summed E-state index contributed by atoms with van der Waals surface area (Å²) >= 11 is 0. The number of Topliss-reactive ketones (excluding diaryl/α,β-unsaturated/α-hetero) is 1. The van der Waals surface area contributed by atoms with Gasteiger partial charge in [0, 0.05) is 12.1 Å². The molecule has 1 atom stereocenters. The molecule has 15 heavy (non-hydrogen) atoms. The number of benzene rings is 1. The highest BCUT2D eigenvalue weighted by atomic mass is 16.5. The van der Waals surface area contributed by atoms with Crippen LogP contribution < -0.4 is 4.74 Å². The van der Waals surface area contributed by atoms with Gasteiger partial charge >= 0.3 is 0 Å². The minimum absolute atomic E-state index is 0.0670. The Hall–Kier alpha value is -2.11. The molecule has 78 valence electrons. The molecular formula is C9H7NO5. The van der Waals surface area contributed by atoms with Gasteiger partial charge in [-0.25, -0.2) is 0 Å². The maximum Gasteiger partial charge on any atom is 0.201 e. The summed E-state index contributed by atoms with van der Waals surface area (Å²) in [5, 5.41) is 21.2. The van der Waals surface area contributed by atoms with Gasteiger partial charge < -0.3 is 14.9 Å². The summed E-state index contributed by atoms with van der Waals surface area (Å²) in [6, 6.07) is 1.08. The maximum absolute atomic E-state index is 11.6. The maximum atomic E-state index is 11.6. The molecule has 0 saturated carbocycles. The average Bonchev–Trinajstić information content (AvgIpc) is 2.17. The number of ketones is 1. The number of hydrogen-bond donors (Lipinski definition) is 2. The zero-order valence-corrected chi connectivity index (χ0v) is 7.51. The smallest absolute Gasteiger partial charge is 0.201 e. The molecule has 6 nitrogen and oxygen atoms in total. The molecule has 0 spiro atoms. The van der Waals surface area contributed by atoms with Crippen LogP contribution in [-0.2, 0) is 0 Å². The number of hydrogen-bond acceptors (Lipinski definition) is 6. The Morgan fingerprint density at radius 1 is 1.40 bits per heavy atom. The van der Waals surface area contributed by atoms with Crippen molar-refractivity contribution in [2.24, 2.45) is 5.18 Å². The number of phenols is 2. The largest absolute Gasteiger partial charge is 0.508 e. The second-order valence-corrected chi connectivity index (χ2v) is 3.13. The molecule has 0 amide bonds. The molecule has 1 aliphatic heterocycles. The lowest BCUT2D eigenvalue weighted by Crippen LogP contribution is -2.31. The van der Waals surface area contributed by atoms with Gasteiger partial charge in [-0.2, -0.15) is 0 Å². The molecule has 6 heteroatoms. The van der Waals surface area contributed by atoms with Gasteiger partial charge in [0.25, 0.3) is 0 Å². The SMILES string of the molecule is O=N[C@@H]1COc2cc(O)cc(O)c2C1=O. The Balaban J connectivity index is 2.56. The first kappa shape index (κ1) is 9.45. The predicted octanol–water partition coefficient (Wildman–Crippen LogP) is 0.808. The van der Waals surface area contributed by atoms with Gasteiger partial charge in [-0.15, -0.1) is 4.91 Å². The van der Waals surface area contributed by atoms with Crippen molar-refractivity contribution in [3.63, 3.8) is 0 Å². The molecule has 0 radical (unpaired) electrons. The Kier molecular flexibility index (Phi) is 2.03. The summed E-state index contributed by atoms with van der Waals surface area (Å²) in [5.74, 6) is -1.15. The quantitative estimate of drug-likeness (QED) is 0.667. The van der Waals surface area contributed by atoms with Crippen molar-refractivity contribution in [3.8, 4) is 17.2 Å². The van der Waals surface area contributed by atoms with Gasteiger partial charge in [0.1, 0.15) is 29.4 Å². The zero-order chi connectivity index (χ0) is 11.0. The van der Waals surface area contributed by atoms with Crippen LogP contribution in [0.5, 0.6) is 17.2 Å². The van der Waals surface area contributed by atoms with Crippen molar-refractivity contribution in [2.45, 2.75) is 6.04 Å². The van der Waals surface area contributed by atoms with Crippen LogP contribution in [0.3, 0.4) is 0 Å². The van der Waals surface area contributed by atoms with E-state index in [1.807, 2.05) is 0 Å². The summed E-state index contributed by atoms with van der Waals surface area (Å²) < 4.78 is 5.02. The summed E-state index contributed by atoms with van der Waals surface area (Å²) in [6.45, 7) is -0.168. The summed E-state index contributed by atoms with van der Waals surface area (Å²) in [5.41, 5.74) is -0.108. The van der Waals surface area contributed by atoms with Crippen LogP contribution in [0, 0.1) is 4.91 Å². The molecule has 0 unspecified atom stereocenters. The summed E-state index contributed by atoms with van der Waals surface area (Å²) in [6.07, 6.45) is 0. The first-order chi connectivity index (χ1) is 7.13. The van der Waals surface area contributed by atoms with Gasteiger partial charge in [0.05, 0.1) is 0 Å². The van der Waals surface area contributed by atoms with Crippen LogP contribution in [0.15, 0.2) is 17.3 Å². The van der Waals surface area contributed by atoms with Crippen molar-refractivity contribution in [1.82, 2.24) is 0 Å². The zero-order valence-electron chi connectivity index (χ0n) is 7.51. The lowest BCUT2D eigenvalue weighted by atomic mass is 10.0. The number of phenolic OH excluding ortho intramolecular Hbond substituents is 2. The summed E-state index contributed by atoms with van der Waals surface area (Å²) in [4.78, 5) is 21.8. The van der Waals surface area contributed by atoms with Crippen LogP contribution in [0.1, 0.15) is 10.4 Å². The fraction of sp³-hybridized carbons (Fsp3) is 0.222. The number of carbonyl (C=O) groups excluding carboxylic acids is 1. The van der Waals surface area contributed by atoms with E-state index in [1.54, 1.807) is 0 Å². The standard InChI is InChI=1S/C9H7NO5/c11-4-1-6(12)8-7(2-4)15-3-5(10-14)9(8)13/h1-2,5,11-12H,3H2/t5-/m1/s1. The van der Waals surface area contributed by atoms with E-state index < -0.39 is 17.6 Å². The topological polar surface area (TPSA) is 96.2 Å². The second-order valence-electron chi connectivity index (χ2n) is 3.13.